The molecule has 0 aromatic rings. The average molecular weight is 156 g/mol. The summed E-state index contributed by atoms with van der Waals surface area (Å²) in [4.78, 5) is 0. The van der Waals surface area contributed by atoms with Gasteiger partial charge >= 0.3 is 0 Å². The van der Waals surface area contributed by atoms with Gasteiger partial charge in [0, 0.05) is 11.5 Å². The molecular weight excluding hydrogens is 148 g/mol. The molecule has 1 nitrogen and oxygen atoms in total. The van der Waals surface area contributed by atoms with Gasteiger partial charge in [-0.25, -0.2) is 0 Å². The SMILES string of the molecule is C1=CC2=C3C=CC(=CO3)C2C=C1. The zero-order valence-corrected chi connectivity index (χ0v) is 6.53. The van der Waals surface area contributed by atoms with Crippen LogP contribution in [0.5, 0.6) is 0 Å². The first-order valence-electron chi connectivity index (χ1n) is 4.09. The van der Waals surface area contributed by atoms with Crippen molar-refractivity contribution in [1.29, 1.82) is 0 Å². The molecule has 1 unspecified atom stereocenters. The Bertz CT molecular complexity index is 378. The van der Waals surface area contributed by atoms with Crippen molar-refractivity contribution in [1.82, 2.24) is 0 Å². The normalized spacial score (nSPS) is 28.7. The Morgan fingerprint density at radius 3 is 2.83 bits per heavy atom. The van der Waals surface area contributed by atoms with Gasteiger partial charge in [0.1, 0.15) is 5.76 Å². The van der Waals surface area contributed by atoms with Crippen LogP contribution in [0.25, 0.3) is 0 Å². The standard InChI is InChI=1S/C11H8O/c1-2-4-10-9(3-1)8-5-6-11(10)12-7-8/h1-7,9H. The minimum atomic E-state index is 0.448. The van der Waals surface area contributed by atoms with E-state index >= 15 is 0 Å². The molecule has 0 aromatic heterocycles. The van der Waals surface area contributed by atoms with Gasteiger partial charge in [-0.3, -0.25) is 0 Å². The maximum Gasteiger partial charge on any atom is 0.130 e. The fourth-order valence-corrected chi connectivity index (χ4v) is 1.79. The first-order chi connectivity index (χ1) is 5.95. The molecule has 0 amide bonds. The van der Waals surface area contributed by atoms with E-state index in [9.17, 15) is 0 Å². The molecule has 4 rings (SSSR count). The molecule has 12 heavy (non-hydrogen) atoms. The quantitative estimate of drug-likeness (QED) is 0.523. The third-order valence-electron chi connectivity index (χ3n) is 2.42. The summed E-state index contributed by atoms with van der Waals surface area (Å²) < 4.78 is 5.39. The second kappa shape index (κ2) is 2.01. The van der Waals surface area contributed by atoms with Gasteiger partial charge in [-0.2, -0.15) is 0 Å². The molecule has 58 valence electrons. The number of rotatable bonds is 0. The van der Waals surface area contributed by atoms with Gasteiger partial charge in [-0.1, -0.05) is 30.4 Å². The molecule has 2 bridgehead atoms. The lowest BCUT2D eigenvalue weighted by atomic mass is 9.83. The summed E-state index contributed by atoms with van der Waals surface area (Å²) >= 11 is 0. The van der Waals surface area contributed by atoms with Crippen LogP contribution in [-0.2, 0) is 4.74 Å². The van der Waals surface area contributed by atoms with E-state index in [4.69, 9.17) is 4.74 Å². The van der Waals surface area contributed by atoms with Crippen LogP contribution in [0.1, 0.15) is 0 Å². The second-order valence-corrected chi connectivity index (χ2v) is 3.11. The number of ether oxygens (including phenoxy) is 1. The Hall–Kier alpha value is -1.50. The highest BCUT2D eigenvalue weighted by Crippen LogP contribution is 2.38. The number of fused-ring (bicyclic) bond motifs is 1. The molecule has 2 aliphatic heterocycles. The van der Waals surface area contributed by atoms with Crippen molar-refractivity contribution in [3.63, 3.8) is 0 Å². The highest BCUT2D eigenvalue weighted by molar-refractivity contribution is 5.53. The molecular formula is C11H8O. The maximum absolute atomic E-state index is 5.39. The Morgan fingerprint density at radius 1 is 1.08 bits per heavy atom. The number of hydrogen-bond acceptors (Lipinski definition) is 1. The van der Waals surface area contributed by atoms with Crippen molar-refractivity contribution in [2.75, 3.05) is 0 Å². The summed E-state index contributed by atoms with van der Waals surface area (Å²) in [5, 5.41) is 0. The zero-order chi connectivity index (χ0) is 7.97. The Balaban J connectivity index is 2.23. The van der Waals surface area contributed by atoms with Gasteiger partial charge in [0.25, 0.3) is 0 Å². The van der Waals surface area contributed by atoms with Crippen LogP contribution in [0, 0.1) is 5.92 Å². The summed E-state index contributed by atoms with van der Waals surface area (Å²) in [7, 11) is 0. The molecule has 1 atom stereocenters. The van der Waals surface area contributed by atoms with E-state index in [0.717, 1.165) is 5.76 Å². The fraction of sp³-hybridized carbons (Fsp3) is 0.0909. The van der Waals surface area contributed by atoms with Crippen LogP contribution in [0.4, 0.5) is 0 Å². The smallest absolute Gasteiger partial charge is 0.130 e. The van der Waals surface area contributed by atoms with Crippen LogP contribution in [0.3, 0.4) is 0 Å². The lowest BCUT2D eigenvalue weighted by Crippen LogP contribution is -2.15. The summed E-state index contributed by atoms with van der Waals surface area (Å²) in [5.41, 5.74) is 2.54. The van der Waals surface area contributed by atoms with Crippen molar-refractivity contribution in [3.8, 4) is 0 Å². The van der Waals surface area contributed by atoms with E-state index in [-0.39, 0.29) is 0 Å². The van der Waals surface area contributed by atoms with Gasteiger partial charge < -0.3 is 4.74 Å². The molecule has 2 heterocycles. The van der Waals surface area contributed by atoms with Gasteiger partial charge in [0.2, 0.25) is 0 Å². The topological polar surface area (TPSA) is 9.23 Å². The molecule has 0 saturated carbocycles. The molecule has 4 aliphatic rings. The molecule has 0 aromatic carbocycles. The molecule has 0 fully saturated rings. The third kappa shape index (κ3) is 0.632. The van der Waals surface area contributed by atoms with Crippen molar-refractivity contribution in [3.05, 3.63) is 59.6 Å². The largest absolute Gasteiger partial charge is 0.464 e. The maximum atomic E-state index is 5.39. The summed E-state index contributed by atoms with van der Waals surface area (Å²) in [6.07, 6.45) is 14.5. The molecule has 1 heteroatoms. The van der Waals surface area contributed by atoms with E-state index in [1.807, 2.05) is 12.3 Å². The Labute approximate surface area is 71.0 Å². The number of allylic oxidation sites excluding steroid dienone is 8. The highest BCUT2D eigenvalue weighted by Gasteiger charge is 2.25. The highest BCUT2D eigenvalue weighted by atomic mass is 16.5. The predicted molar refractivity (Wildman–Crippen MR) is 47.1 cm³/mol. The van der Waals surface area contributed by atoms with Gasteiger partial charge in [-0.05, 0) is 11.6 Å². The molecule has 0 N–H and O–H groups in total. The predicted octanol–water partition coefficient (Wildman–Crippen LogP) is 2.47. The van der Waals surface area contributed by atoms with Crippen molar-refractivity contribution in [2.45, 2.75) is 0 Å². The lowest BCUT2D eigenvalue weighted by molar-refractivity contribution is 0.338. The minimum Gasteiger partial charge on any atom is -0.464 e. The van der Waals surface area contributed by atoms with Gasteiger partial charge in [-0.15, -0.1) is 0 Å². The molecule has 0 radical (unpaired) electrons. The van der Waals surface area contributed by atoms with E-state index in [1.165, 1.54) is 11.1 Å². The summed E-state index contributed by atoms with van der Waals surface area (Å²) in [6.45, 7) is 0. The van der Waals surface area contributed by atoms with Crippen LogP contribution < -0.4 is 0 Å². The zero-order valence-electron chi connectivity index (χ0n) is 6.53. The third-order valence-corrected chi connectivity index (χ3v) is 2.42. The molecule has 0 spiro atoms. The van der Waals surface area contributed by atoms with E-state index < -0.39 is 0 Å². The van der Waals surface area contributed by atoms with Crippen LogP contribution in [0.2, 0.25) is 0 Å². The molecule has 0 saturated heterocycles. The number of hydrogen-bond donors (Lipinski definition) is 0. The molecule has 2 aliphatic carbocycles. The Kier molecular flexibility index (Phi) is 1.01. The van der Waals surface area contributed by atoms with E-state index in [1.54, 1.807) is 0 Å². The van der Waals surface area contributed by atoms with Crippen molar-refractivity contribution in [2.24, 2.45) is 5.92 Å². The first kappa shape index (κ1) is 6.06. The van der Waals surface area contributed by atoms with Crippen LogP contribution >= 0.6 is 0 Å². The van der Waals surface area contributed by atoms with Crippen LogP contribution in [0.15, 0.2) is 59.6 Å². The lowest BCUT2D eigenvalue weighted by Gasteiger charge is -2.28. The van der Waals surface area contributed by atoms with Gasteiger partial charge in [0.15, 0.2) is 0 Å². The summed E-state index contributed by atoms with van der Waals surface area (Å²) in [5.74, 6) is 1.44. The van der Waals surface area contributed by atoms with Gasteiger partial charge in [0.05, 0.1) is 6.26 Å². The van der Waals surface area contributed by atoms with E-state index in [2.05, 4.69) is 30.4 Å². The van der Waals surface area contributed by atoms with Crippen molar-refractivity contribution < 1.29 is 4.74 Å². The monoisotopic (exact) mass is 156 g/mol. The minimum absolute atomic E-state index is 0.448. The average Bonchev–Trinajstić information content (AvgIpc) is 2.20. The summed E-state index contributed by atoms with van der Waals surface area (Å²) in [6, 6.07) is 0. The van der Waals surface area contributed by atoms with E-state index in [0.29, 0.717) is 5.92 Å². The fourth-order valence-electron chi connectivity index (χ4n) is 1.79. The Morgan fingerprint density at radius 2 is 2.08 bits per heavy atom. The van der Waals surface area contributed by atoms with Crippen molar-refractivity contribution >= 4 is 0 Å². The first-order valence-corrected chi connectivity index (χ1v) is 4.09. The second-order valence-electron chi connectivity index (χ2n) is 3.11. The van der Waals surface area contributed by atoms with Crippen LogP contribution in [-0.4, -0.2) is 0 Å².